The van der Waals surface area contributed by atoms with Crippen molar-refractivity contribution >= 4 is 18.3 Å². The number of halogens is 1. The van der Waals surface area contributed by atoms with Crippen molar-refractivity contribution in [1.29, 1.82) is 0 Å². The van der Waals surface area contributed by atoms with Gasteiger partial charge in [-0.3, -0.25) is 4.79 Å². The molecule has 0 atom stereocenters. The number of amides is 1. The molecule has 1 fully saturated rings. The largest absolute Gasteiger partial charge is 0.497 e. The Balaban J connectivity index is 0.00000264. The molecular formula is C17H27ClN2O3. The fraction of sp³-hybridized carbons (Fsp3) is 0.588. The first-order chi connectivity index (χ1) is 10.6. The molecule has 1 amide bonds. The van der Waals surface area contributed by atoms with Crippen LogP contribution in [0.2, 0.25) is 0 Å². The van der Waals surface area contributed by atoms with Crippen molar-refractivity contribution in [3.05, 3.63) is 23.8 Å². The van der Waals surface area contributed by atoms with Gasteiger partial charge in [-0.1, -0.05) is 12.8 Å². The molecule has 2 rings (SSSR count). The van der Waals surface area contributed by atoms with Crippen molar-refractivity contribution in [3.8, 4) is 11.5 Å². The molecule has 5 nitrogen and oxygen atoms in total. The van der Waals surface area contributed by atoms with E-state index in [0.29, 0.717) is 19.4 Å². The summed E-state index contributed by atoms with van der Waals surface area (Å²) in [5.74, 6) is 1.54. The Kier molecular flexibility index (Phi) is 7.65. The van der Waals surface area contributed by atoms with Crippen LogP contribution in [-0.2, 0) is 11.2 Å². The number of aryl methyl sites for hydroxylation is 1. The molecule has 1 aromatic carbocycles. The Bertz CT molecular complexity index is 494. The van der Waals surface area contributed by atoms with Crippen molar-refractivity contribution < 1.29 is 14.3 Å². The van der Waals surface area contributed by atoms with E-state index in [2.05, 4.69) is 5.32 Å². The van der Waals surface area contributed by atoms with Gasteiger partial charge in [-0.15, -0.1) is 12.4 Å². The second kappa shape index (κ2) is 8.99. The van der Waals surface area contributed by atoms with E-state index in [4.69, 9.17) is 15.2 Å². The van der Waals surface area contributed by atoms with E-state index in [-0.39, 0.29) is 23.9 Å². The van der Waals surface area contributed by atoms with Gasteiger partial charge in [0.2, 0.25) is 5.91 Å². The molecule has 0 radical (unpaired) electrons. The van der Waals surface area contributed by atoms with E-state index in [9.17, 15) is 4.79 Å². The summed E-state index contributed by atoms with van der Waals surface area (Å²) in [6.07, 6.45) is 5.36. The molecule has 3 N–H and O–H groups in total. The fourth-order valence-corrected chi connectivity index (χ4v) is 3.06. The monoisotopic (exact) mass is 342 g/mol. The number of ether oxygens (including phenoxy) is 2. The highest BCUT2D eigenvalue weighted by Crippen LogP contribution is 2.29. The van der Waals surface area contributed by atoms with Gasteiger partial charge in [-0.2, -0.15) is 0 Å². The summed E-state index contributed by atoms with van der Waals surface area (Å²) in [7, 11) is 3.24. The van der Waals surface area contributed by atoms with Crippen LogP contribution in [0, 0.1) is 0 Å². The van der Waals surface area contributed by atoms with Crippen molar-refractivity contribution in [2.24, 2.45) is 5.73 Å². The molecule has 0 unspecified atom stereocenters. The van der Waals surface area contributed by atoms with Gasteiger partial charge in [0.25, 0.3) is 0 Å². The van der Waals surface area contributed by atoms with Gasteiger partial charge in [-0.05, 0) is 37.0 Å². The second-order valence-electron chi connectivity index (χ2n) is 5.96. The standard InChI is InChI=1S/C17H26N2O3.ClH/c1-21-14-9-13(10-15(11-14)22-2)5-6-16(20)19-17(12-18)7-3-4-8-17;/h9-11H,3-8,12,18H2,1-2H3,(H,19,20);1H. The lowest BCUT2D eigenvalue weighted by atomic mass is 9.97. The van der Waals surface area contributed by atoms with Gasteiger partial charge in [0.15, 0.2) is 0 Å². The van der Waals surface area contributed by atoms with Gasteiger partial charge in [0.1, 0.15) is 11.5 Å². The summed E-state index contributed by atoms with van der Waals surface area (Å²) in [6, 6.07) is 5.69. The van der Waals surface area contributed by atoms with Crippen LogP contribution in [0.15, 0.2) is 18.2 Å². The third-order valence-electron chi connectivity index (χ3n) is 4.41. The maximum atomic E-state index is 12.2. The van der Waals surface area contributed by atoms with Crippen LogP contribution in [0.4, 0.5) is 0 Å². The zero-order valence-electron chi connectivity index (χ0n) is 13.9. The van der Waals surface area contributed by atoms with Crippen LogP contribution in [0.1, 0.15) is 37.7 Å². The summed E-state index contributed by atoms with van der Waals surface area (Å²) in [5.41, 5.74) is 6.70. The Morgan fingerprint density at radius 3 is 2.22 bits per heavy atom. The number of carbonyl (C=O) groups is 1. The summed E-state index contributed by atoms with van der Waals surface area (Å²) >= 11 is 0. The molecule has 0 aliphatic heterocycles. The Morgan fingerprint density at radius 1 is 1.17 bits per heavy atom. The predicted molar refractivity (Wildman–Crippen MR) is 93.5 cm³/mol. The van der Waals surface area contributed by atoms with Gasteiger partial charge in [-0.25, -0.2) is 0 Å². The first-order valence-corrected chi connectivity index (χ1v) is 7.84. The molecular weight excluding hydrogens is 316 g/mol. The summed E-state index contributed by atoms with van der Waals surface area (Å²) < 4.78 is 10.5. The molecule has 0 saturated heterocycles. The van der Waals surface area contributed by atoms with Crippen molar-refractivity contribution in [1.82, 2.24) is 5.32 Å². The van der Waals surface area contributed by atoms with E-state index < -0.39 is 0 Å². The van der Waals surface area contributed by atoms with Gasteiger partial charge in [0.05, 0.1) is 19.8 Å². The van der Waals surface area contributed by atoms with Crippen LogP contribution in [0.25, 0.3) is 0 Å². The summed E-state index contributed by atoms with van der Waals surface area (Å²) in [5, 5.41) is 3.14. The maximum absolute atomic E-state index is 12.2. The number of nitrogens with two attached hydrogens (primary N) is 1. The van der Waals surface area contributed by atoms with Crippen LogP contribution in [-0.4, -0.2) is 32.2 Å². The topological polar surface area (TPSA) is 73.6 Å². The quantitative estimate of drug-likeness (QED) is 0.798. The number of hydrogen-bond donors (Lipinski definition) is 2. The SMILES string of the molecule is COc1cc(CCC(=O)NC2(CN)CCCC2)cc(OC)c1.Cl. The Morgan fingerprint density at radius 2 is 1.74 bits per heavy atom. The highest BCUT2D eigenvalue weighted by atomic mass is 35.5. The molecule has 6 heteroatoms. The molecule has 23 heavy (non-hydrogen) atoms. The zero-order chi connectivity index (χ0) is 16.0. The van der Waals surface area contributed by atoms with Crippen LogP contribution in [0.3, 0.4) is 0 Å². The molecule has 0 heterocycles. The lowest BCUT2D eigenvalue weighted by Gasteiger charge is -2.28. The minimum absolute atomic E-state index is 0. The highest BCUT2D eigenvalue weighted by molar-refractivity contribution is 5.85. The average molecular weight is 343 g/mol. The second-order valence-corrected chi connectivity index (χ2v) is 5.96. The molecule has 1 aliphatic rings. The van der Waals surface area contributed by atoms with Gasteiger partial charge in [0, 0.05) is 19.0 Å². The van der Waals surface area contributed by atoms with Gasteiger partial charge >= 0.3 is 0 Å². The Hall–Kier alpha value is -1.46. The molecule has 0 bridgehead atoms. The molecule has 1 aliphatic carbocycles. The van der Waals surface area contributed by atoms with E-state index in [1.54, 1.807) is 14.2 Å². The van der Waals surface area contributed by atoms with Gasteiger partial charge < -0.3 is 20.5 Å². The van der Waals surface area contributed by atoms with Crippen molar-refractivity contribution in [2.75, 3.05) is 20.8 Å². The summed E-state index contributed by atoms with van der Waals surface area (Å²) in [6.45, 7) is 0.520. The average Bonchev–Trinajstić information content (AvgIpc) is 3.01. The number of methoxy groups -OCH3 is 2. The normalized spacial score (nSPS) is 15.6. The molecule has 130 valence electrons. The van der Waals surface area contributed by atoms with Crippen LogP contribution in [0.5, 0.6) is 11.5 Å². The molecule has 0 aromatic heterocycles. The molecule has 1 aromatic rings. The summed E-state index contributed by atoms with van der Waals surface area (Å²) in [4.78, 5) is 12.2. The molecule has 0 spiro atoms. The van der Waals surface area contributed by atoms with E-state index in [1.807, 2.05) is 18.2 Å². The minimum atomic E-state index is -0.177. The number of carbonyl (C=O) groups excluding carboxylic acids is 1. The van der Waals surface area contributed by atoms with E-state index in [0.717, 1.165) is 42.7 Å². The van der Waals surface area contributed by atoms with Crippen molar-refractivity contribution in [3.63, 3.8) is 0 Å². The molecule has 1 saturated carbocycles. The fourth-order valence-electron chi connectivity index (χ4n) is 3.06. The Labute approximate surface area is 144 Å². The first kappa shape index (κ1) is 19.6. The van der Waals surface area contributed by atoms with Crippen molar-refractivity contribution in [2.45, 2.75) is 44.1 Å². The van der Waals surface area contributed by atoms with Crippen LogP contribution < -0.4 is 20.5 Å². The van der Waals surface area contributed by atoms with E-state index >= 15 is 0 Å². The predicted octanol–water partition coefficient (Wildman–Crippen LogP) is 2.45. The highest BCUT2D eigenvalue weighted by Gasteiger charge is 2.33. The number of benzene rings is 1. The number of hydrogen-bond acceptors (Lipinski definition) is 4. The third-order valence-corrected chi connectivity index (χ3v) is 4.41. The third kappa shape index (κ3) is 5.29. The first-order valence-electron chi connectivity index (χ1n) is 7.84. The maximum Gasteiger partial charge on any atom is 0.220 e. The number of nitrogens with one attached hydrogen (secondary N) is 1. The van der Waals surface area contributed by atoms with Crippen LogP contribution >= 0.6 is 12.4 Å². The smallest absolute Gasteiger partial charge is 0.220 e. The lowest BCUT2D eigenvalue weighted by molar-refractivity contribution is -0.122. The number of rotatable bonds is 7. The van der Waals surface area contributed by atoms with E-state index in [1.165, 1.54) is 0 Å². The minimum Gasteiger partial charge on any atom is -0.497 e. The lowest BCUT2D eigenvalue weighted by Crippen LogP contribution is -2.51. The zero-order valence-corrected chi connectivity index (χ0v) is 14.7.